The molecule has 0 bridgehead atoms. The molecule has 1 aromatic rings. The summed E-state index contributed by atoms with van der Waals surface area (Å²) in [5.41, 5.74) is -1.10. The SMILES string of the molecule is CN(C)[C@H]1C(=O)C(C(N)=O)=C(O)C2(O)C(=O)C3=C(O)c4c(O)ccc(Cl)c4[C@@](C)(O)C3CC12.Cl. The highest BCUT2D eigenvalue weighted by molar-refractivity contribution is 6.32. The van der Waals surface area contributed by atoms with E-state index in [0.29, 0.717) is 0 Å². The van der Waals surface area contributed by atoms with Crippen LogP contribution in [0.3, 0.4) is 0 Å². The molecule has 3 aliphatic rings. The highest BCUT2D eigenvalue weighted by atomic mass is 35.5. The Morgan fingerprint density at radius 1 is 1.18 bits per heavy atom. The Balaban J connectivity index is 0.00000324. The van der Waals surface area contributed by atoms with Gasteiger partial charge in [0.2, 0.25) is 5.78 Å². The normalized spacial score (nSPS) is 32.7. The minimum Gasteiger partial charge on any atom is -0.508 e. The Kier molecular flexibility index (Phi) is 6.08. The average Bonchev–Trinajstić information content (AvgIpc) is 2.69. The summed E-state index contributed by atoms with van der Waals surface area (Å²) in [5.74, 6) is -8.30. The van der Waals surface area contributed by atoms with Crippen molar-refractivity contribution < 1.29 is 39.9 Å². The number of likely N-dealkylation sites (N-methyl/N-ethyl adjacent to an activating group) is 1. The number of benzene rings is 1. The molecule has 0 aromatic heterocycles. The van der Waals surface area contributed by atoms with E-state index in [2.05, 4.69) is 0 Å². The molecule has 10 nitrogen and oxygen atoms in total. The number of amides is 1. The number of aliphatic hydroxyl groups is 4. The maximum Gasteiger partial charge on any atom is 0.255 e. The van der Waals surface area contributed by atoms with Crippen molar-refractivity contribution in [1.82, 2.24) is 4.90 Å². The zero-order valence-corrected chi connectivity index (χ0v) is 19.9. The minimum atomic E-state index is -2.78. The lowest BCUT2D eigenvalue weighted by molar-refractivity contribution is -0.159. The first-order valence-corrected chi connectivity index (χ1v) is 10.5. The molecular formula is C22H24Cl2N2O8. The van der Waals surface area contributed by atoms with Gasteiger partial charge in [-0.3, -0.25) is 19.3 Å². The number of phenolic OH excluding ortho intramolecular Hbond substituents is 1. The van der Waals surface area contributed by atoms with Crippen molar-refractivity contribution in [2.45, 2.75) is 30.6 Å². The molecule has 184 valence electrons. The number of hydrogen-bond donors (Lipinski definition) is 6. The van der Waals surface area contributed by atoms with Crippen LogP contribution in [-0.4, -0.2) is 73.6 Å². The van der Waals surface area contributed by atoms with Gasteiger partial charge in [0.25, 0.3) is 5.91 Å². The van der Waals surface area contributed by atoms with Crippen molar-refractivity contribution in [3.63, 3.8) is 0 Å². The lowest BCUT2D eigenvalue weighted by Gasteiger charge is -2.53. The Bertz CT molecular complexity index is 1210. The molecule has 5 atom stereocenters. The summed E-state index contributed by atoms with van der Waals surface area (Å²) in [6.07, 6.45) is -0.259. The zero-order chi connectivity index (χ0) is 24.8. The number of Topliss-reactive ketones (excluding diaryl/α,β-unsaturated/α-hetero) is 2. The molecule has 12 heteroatoms. The topological polar surface area (TPSA) is 182 Å². The fourth-order valence-corrected chi connectivity index (χ4v) is 5.93. The van der Waals surface area contributed by atoms with Crippen LogP contribution >= 0.6 is 24.0 Å². The molecule has 0 saturated heterocycles. The van der Waals surface area contributed by atoms with Crippen LogP contribution in [0.1, 0.15) is 24.5 Å². The predicted octanol–water partition coefficient (Wildman–Crippen LogP) is 0.704. The fraction of sp³-hybridized carbons (Fsp3) is 0.409. The fourth-order valence-electron chi connectivity index (χ4n) is 5.58. The zero-order valence-electron chi connectivity index (χ0n) is 18.4. The molecule has 0 heterocycles. The minimum absolute atomic E-state index is 0. The van der Waals surface area contributed by atoms with Crippen LogP contribution in [0.5, 0.6) is 5.75 Å². The number of nitrogens with two attached hydrogens (primary N) is 1. The molecule has 1 fully saturated rings. The standard InChI is InChI=1S/C22H23ClN2O8.ClH/c1-21(32)7-6-8-15(25(2)3)17(28)13(20(24)31)19(30)22(8,33)18(29)11(7)16(27)12-10(26)5-4-9(23)14(12)21;/h4-5,7-8,15,26-27,30,32-33H,6H2,1-3H3,(H2,24,31);1H/t7?,8?,15-,21+,22?;/m1./s1. The van der Waals surface area contributed by atoms with Gasteiger partial charge in [0.15, 0.2) is 11.4 Å². The Hall–Kier alpha value is -2.63. The first-order chi connectivity index (χ1) is 15.2. The smallest absolute Gasteiger partial charge is 0.255 e. The summed E-state index contributed by atoms with van der Waals surface area (Å²) in [6.45, 7) is 1.34. The third-order valence-corrected chi connectivity index (χ3v) is 7.39. The van der Waals surface area contributed by atoms with Crippen LogP contribution in [0.15, 0.2) is 29.0 Å². The van der Waals surface area contributed by atoms with E-state index in [4.69, 9.17) is 17.3 Å². The van der Waals surface area contributed by atoms with Gasteiger partial charge in [-0.1, -0.05) is 11.6 Å². The van der Waals surface area contributed by atoms with Crippen molar-refractivity contribution >= 4 is 47.2 Å². The number of phenols is 1. The van der Waals surface area contributed by atoms with Crippen LogP contribution in [-0.2, 0) is 20.0 Å². The third kappa shape index (κ3) is 3.03. The number of halogens is 2. The number of carbonyl (C=O) groups excluding carboxylic acids is 3. The number of rotatable bonds is 2. The van der Waals surface area contributed by atoms with Gasteiger partial charge in [-0.15, -0.1) is 12.4 Å². The Morgan fingerprint density at radius 2 is 1.76 bits per heavy atom. The lowest BCUT2D eigenvalue weighted by atomic mass is 9.54. The van der Waals surface area contributed by atoms with Crippen LogP contribution in [0.2, 0.25) is 5.02 Å². The van der Waals surface area contributed by atoms with Gasteiger partial charge in [0.1, 0.15) is 22.8 Å². The number of ketones is 2. The summed E-state index contributed by atoms with van der Waals surface area (Å²) < 4.78 is 0. The maximum absolute atomic E-state index is 13.7. The summed E-state index contributed by atoms with van der Waals surface area (Å²) >= 11 is 6.28. The highest BCUT2D eigenvalue weighted by Crippen LogP contribution is 2.58. The van der Waals surface area contributed by atoms with Crippen molar-refractivity contribution in [2.75, 3.05) is 14.1 Å². The third-order valence-electron chi connectivity index (χ3n) is 7.07. The van der Waals surface area contributed by atoms with Gasteiger partial charge in [-0.25, -0.2) is 0 Å². The molecule has 7 N–H and O–H groups in total. The molecule has 34 heavy (non-hydrogen) atoms. The van der Waals surface area contributed by atoms with Gasteiger partial charge in [0, 0.05) is 28.0 Å². The van der Waals surface area contributed by atoms with Crippen LogP contribution in [0.25, 0.3) is 5.76 Å². The van der Waals surface area contributed by atoms with Crippen molar-refractivity contribution in [1.29, 1.82) is 0 Å². The van der Waals surface area contributed by atoms with E-state index in [1.54, 1.807) is 0 Å². The number of fused-ring (bicyclic) bond motifs is 3. The van der Waals surface area contributed by atoms with Gasteiger partial charge in [-0.2, -0.15) is 0 Å². The number of aliphatic hydroxyl groups excluding tert-OH is 2. The van der Waals surface area contributed by atoms with E-state index in [1.165, 1.54) is 38.1 Å². The van der Waals surface area contributed by atoms with Crippen molar-refractivity contribution in [2.24, 2.45) is 17.6 Å². The predicted molar refractivity (Wildman–Crippen MR) is 122 cm³/mol. The lowest BCUT2D eigenvalue weighted by Crippen LogP contribution is -2.67. The van der Waals surface area contributed by atoms with E-state index >= 15 is 0 Å². The van der Waals surface area contributed by atoms with Crippen LogP contribution in [0.4, 0.5) is 0 Å². The quantitative estimate of drug-likeness (QED) is 0.309. The van der Waals surface area contributed by atoms with E-state index < -0.39 is 75.0 Å². The summed E-state index contributed by atoms with van der Waals surface area (Å²) in [7, 11) is 2.97. The first-order valence-electron chi connectivity index (χ1n) is 10.1. The Morgan fingerprint density at radius 3 is 2.29 bits per heavy atom. The van der Waals surface area contributed by atoms with E-state index in [-0.39, 0.29) is 35.0 Å². The largest absolute Gasteiger partial charge is 0.508 e. The molecule has 4 rings (SSSR count). The molecular weight excluding hydrogens is 491 g/mol. The van der Waals surface area contributed by atoms with E-state index in [9.17, 15) is 39.9 Å². The summed E-state index contributed by atoms with van der Waals surface area (Å²) in [4.78, 5) is 40.1. The van der Waals surface area contributed by atoms with Crippen molar-refractivity contribution in [3.05, 3.63) is 45.2 Å². The van der Waals surface area contributed by atoms with Gasteiger partial charge >= 0.3 is 0 Å². The number of aromatic hydroxyl groups is 1. The number of primary amides is 1. The summed E-state index contributed by atoms with van der Waals surface area (Å²) in [5, 5.41) is 55.2. The van der Waals surface area contributed by atoms with E-state index in [1.807, 2.05) is 0 Å². The molecule has 1 aromatic carbocycles. The van der Waals surface area contributed by atoms with Gasteiger partial charge < -0.3 is 31.3 Å². The van der Waals surface area contributed by atoms with Gasteiger partial charge in [0.05, 0.1) is 17.2 Å². The molecule has 0 spiro atoms. The monoisotopic (exact) mass is 514 g/mol. The van der Waals surface area contributed by atoms with E-state index in [0.717, 1.165) is 0 Å². The second-order valence-electron chi connectivity index (χ2n) is 9.08. The molecule has 3 aliphatic carbocycles. The first kappa shape index (κ1) is 26.0. The number of carbonyl (C=O) groups is 3. The van der Waals surface area contributed by atoms with Crippen molar-refractivity contribution in [3.8, 4) is 5.75 Å². The molecule has 0 radical (unpaired) electrons. The van der Waals surface area contributed by atoms with Crippen LogP contribution < -0.4 is 5.73 Å². The molecule has 1 saturated carbocycles. The number of nitrogens with zero attached hydrogens (tertiary/aromatic N) is 1. The molecule has 1 amide bonds. The second kappa shape index (κ2) is 7.96. The number of hydrogen-bond acceptors (Lipinski definition) is 9. The highest BCUT2D eigenvalue weighted by Gasteiger charge is 2.66. The average molecular weight is 515 g/mol. The molecule has 3 unspecified atom stereocenters. The second-order valence-corrected chi connectivity index (χ2v) is 9.48. The Labute approximate surface area is 205 Å². The molecule has 0 aliphatic heterocycles. The van der Waals surface area contributed by atoms with Gasteiger partial charge in [-0.05, 0) is 39.6 Å². The summed E-state index contributed by atoms with van der Waals surface area (Å²) in [6, 6.07) is 1.24. The maximum atomic E-state index is 13.7. The van der Waals surface area contributed by atoms with Crippen LogP contribution in [0, 0.1) is 11.8 Å².